The number of benzene rings is 1. The molecule has 0 bridgehead atoms. The van der Waals surface area contributed by atoms with E-state index in [1.165, 1.54) is 12.1 Å². The van der Waals surface area contributed by atoms with Gasteiger partial charge in [0.25, 0.3) is 0 Å². The van der Waals surface area contributed by atoms with Crippen molar-refractivity contribution in [1.29, 1.82) is 0 Å². The number of fused-ring (bicyclic) bond motifs is 4. The monoisotopic (exact) mass is 508 g/mol. The molecule has 194 valence electrons. The molecule has 8 rings (SSSR count). The molecule has 2 spiro atoms. The summed E-state index contributed by atoms with van der Waals surface area (Å²) in [6.07, 6.45) is 0.629. The molecule has 0 aromatic heterocycles. The Hall–Kier alpha value is -2.75. The summed E-state index contributed by atoms with van der Waals surface area (Å²) < 4.78 is 31.4. The van der Waals surface area contributed by atoms with Crippen molar-refractivity contribution in [3.63, 3.8) is 0 Å². The van der Waals surface area contributed by atoms with Crippen molar-refractivity contribution in [2.75, 3.05) is 6.61 Å². The van der Waals surface area contributed by atoms with Gasteiger partial charge in [0, 0.05) is 11.0 Å². The van der Waals surface area contributed by atoms with E-state index in [1.54, 1.807) is 12.1 Å². The predicted octanol–water partition coefficient (Wildman–Crippen LogP) is 2.67. The molecule has 4 heterocycles. The first-order chi connectivity index (χ1) is 17.6. The minimum atomic E-state index is -1.19. The molecule has 1 aromatic carbocycles. The molecule has 9 heteroatoms. The van der Waals surface area contributed by atoms with Crippen molar-refractivity contribution >= 4 is 17.9 Å². The van der Waals surface area contributed by atoms with Crippen LogP contribution in [0.3, 0.4) is 0 Å². The van der Waals surface area contributed by atoms with Crippen LogP contribution in [-0.4, -0.2) is 70.8 Å². The van der Waals surface area contributed by atoms with Crippen molar-refractivity contribution in [2.45, 2.75) is 81.3 Å². The quantitative estimate of drug-likeness (QED) is 0.482. The summed E-state index contributed by atoms with van der Waals surface area (Å²) in [5, 5.41) is 9.65. The molecule has 9 nitrogen and oxygen atoms in total. The Labute approximate surface area is 213 Å². The lowest BCUT2D eigenvalue weighted by molar-refractivity contribution is -0.136. The molecule has 3 saturated heterocycles. The van der Waals surface area contributed by atoms with Gasteiger partial charge < -0.3 is 28.8 Å². The number of carbonyl (C=O) groups excluding carboxylic acids is 2. The first-order valence-electron chi connectivity index (χ1n) is 13.1. The normalized spacial score (nSPS) is 47.5. The van der Waals surface area contributed by atoms with Crippen LogP contribution < -0.4 is 0 Å². The summed E-state index contributed by atoms with van der Waals surface area (Å²) >= 11 is 0. The Morgan fingerprint density at radius 3 is 2.59 bits per heavy atom. The van der Waals surface area contributed by atoms with Crippen molar-refractivity contribution in [2.24, 2.45) is 17.3 Å². The first kappa shape index (κ1) is 22.3. The lowest BCUT2D eigenvalue weighted by Gasteiger charge is -2.53. The molecular formula is C28H28O9. The highest BCUT2D eigenvalue weighted by Gasteiger charge is 3.01. The summed E-state index contributed by atoms with van der Waals surface area (Å²) in [5.74, 6) is -2.02. The number of carbonyl (C=O) groups is 3. The maximum Gasteiger partial charge on any atom is 0.339 e. The van der Waals surface area contributed by atoms with Crippen LogP contribution in [0.5, 0.6) is 0 Å². The van der Waals surface area contributed by atoms with Gasteiger partial charge in [0.15, 0.2) is 11.7 Å². The van der Waals surface area contributed by atoms with E-state index in [4.69, 9.17) is 23.7 Å². The van der Waals surface area contributed by atoms with Gasteiger partial charge in [-0.3, -0.25) is 0 Å². The topological polar surface area (TPSA) is 127 Å². The van der Waals surface area contributed by atoms with Crippen LogP contribution in [0.1, 0.15) is 60.7 Å². The third-order valence-electron chi connectivity index (χ3n) is 10.7. The molecule has 4 aliphatic heterocycles. The molecular weight excluding hydrogens is 480 g/mol. The second kappa shape index (κ2) is 6.45. The Morgan fingerprint density at radius 2 is 1.86 bits per heavy atom. The summed E-state index contributed by atoms with van der Waals surface area (Å²) in [4.78, 5) is 37.7. The van der Waals surface area contributed by atoms with Gasteiger partial charge in [0.2, 0.25) is 0 Å². The van der Waals surface area contributed by atoms with E-state index < -0.39 is 34.8 Å². The molecule has 2 saturated carbocycles. The van der Waals surface area contributed by atoms with Gasteiger partial charge in [-0.1, -0.05) is 32.9 Å². The fourth-order valence-corrected chi connectivity index (χ4v) is 8.86. The van der Waals surface area contributed by atoms with Gasteiger partial charge in [-0.15, -0.1) is 0 Å². The number of hydrogen-bond acceptors (Lipinski definition) is 8. The van der Waals surface area contributed by atoms with Crippen LogP contribution in [-0.2, 0) is 28.5 Å². The average molecular weight is 509 g/mol. The van der Waals surface area contributed by atoms with Gasteiger partial charge >= 0.3 is 17.9 Å². The number of cyclic esters (lactones) is 1. The van der Waals surface area contributed by atoms with E-state index in [1.807, 2.05) is 13.8 Å². The summed E-state index contributed by atoms with van der Waals surface area (Å²) in [7, 11) is 0. The van der Waals surface area contributed by atoms with Crippen molar-refractivity contribution in [1.82, 2.24) is 0 Å². The fourth-order valence-electron chi connectivity index (χ4n) is 8.86. The molecule has 9 atom stereocenters. The predicted molar refractivity (Wildman–Crippen MR) is 124 cm³/mol. The maximum absolute atomic E-state index is 13.6. The molecule has 0 unspecified atom stereocenters. The van der Waals surface area contributed by atoms with Crippen molar-refractivity contribution in [3.8, 4) is 0 Å². The molecule has 1 N–H and O–H groups in total. The third-order valence-corrected chi connectivity index (χ3v) is 10.7. The fraction of sp³-hybridized carbons (Fsp3) is 0.607. The number of rotatable bonds is 4. The number of ether oxygens (including phenoxy) is 5. The minimum Gasteiger partial charge on any atom is -0.478 e. The highest BCUT2D eigenvalue weighted by Crippen LogP contribution is 2.83. The van der Waals surface area contributed by atoms with E-state index >= 15 is 0 Å². The second-order valence-corrected chi connectivity index (χ2v) is 12.1. The molecule has 37 heavy (non-hydrogen) atoms. The SMILES string of the molecule is CC(C)[C@]12O[C@H]1[C@@H]1O[C@]13[C@]1(O[C@H]1C[C@H]1C4=C(CC[C@@]13C)C(=O)OC4)[C@@H]2OC(=O)c1ccccc1C(=O)O. The molecule has 0 amide bonds. The number of carboxylic acid groups (broad SMARTS) is 1. The second-order valence-electron chi connectivity index (χ2n) is 12.1. The van der Waals surface area contributed by atoms with Crippen LogP contribution in [0.2, 0.25) is 0 Å². The number of aromatic carboxylic acids is 1. The Morgan fingerprint density at radius 1 is 1.11 bits per heavy atom. The standard InChI is InChI=1S/C28H28O9/c1-12(2)26-19(36-26)20-28(37-20)25(3)9-8-15-16(11-33-22(15)31)17(25)10-18-27(28,35-18)24(26)34-23(32)14-7-5-4-6-13(14)21(29)30/h4-7,12,17-20,24H,8-11H2,1-3H3,(H,29,30)/t17-,18-,19-,20-,24+,25-,26-,27+,28+/m0/s1. The van der Waals surface area contributed by atoms with Crippen molar-refractivity contribution < 1.29 is 43.2 Å². The summed E-state index contributed by atoms with van der Waals surface area (Å²) in [6, 6.07) is 6.08. The molecule has 0 radical (unpaired) electrons. The zero-order valence-corrected chi connectivity index (χ0v) is 20.8. The molecule has 5 fully saturated rings. The largest absolute Gasteiger partial charge is 0.478 e. The molecule has 1 aromatic rings. The summed E-state index contributed by atoms with van der Waals surface area (Å²) in [5.41, 5.74) is -0.950. The first-order valence-corrected chi connectivity index (χ1v) is 13.1. The van der Waals surface area contributed by atoms with Crippen LogP contribution in [0.4, 0.5) is 0 Å². The smallest absolute Gasteiger partial charge is 0.339 e. The average Bonchev–Trinajstić information content (AvgIpc) is 3.77. The lowest BCUT2D eigenvalue weighted by Crippen LogP contribution is -2.70. The van der Waals surface area contributed by atoms with Crippen molar-refractivity contribution in [3.05, 3.63) is 46.5 Å². The minimum absolute atomic E-state index is 0.00146. The highest BCUT2D eigenvalue weighted by molar-refractivity contribution is 6.02. The number of epoxide rings is 3. The lowest BCUT2D eigenvalue weighted by atomic mass is 9.46. The zero-order valence-electron chi connectivity index (χ0n) is 20.8. The maximum atomic E-state index is 13.6. The van der Waals surface area contributed by atoms with Gasteiger partial charge in [-0.25, -0.2) is 14.4 Å². The number of carboxylic acids is 1. The highest BCUT2D eigenvalue weighted by atomic mass is 16.8. The van der Waals surface area contributed by atoms with E-state index in [-0.39, 0.29) is 52.7 Å². The zero-order chi connectivity index (χ0) is 25.7. The Kier molecular flexibility index (Phi) is 3.88. The van der Waals surface area contributed by atoms with Crippen LogP contribution in [0.25, 0.3) is 0 Å². The van der Waals surface area contributed by atoms with E-state index in [9.17, 15) is 19.5 Å². The Balaban J connectivity index is 1.23. The third kappa shape index (κ3) is 2.25. The van der Waals surface area contributed by atoms with E-state index in [0.717, 1.165) is 17.6 Å². The summed E-state index contributed by atoms with van der Waals surface area (Å²) in [6.45, 7) is 6.62. The molecule has 7 aliphatic rings. The van der Waals surface area contributed by atoms with Crippen LogP contribution in [0.15, 0.2) is 35.4 Å². The van der Waals surface area contributed by atoms with Crippen LogP contribution in [0, 0.1) is 17.3 Å². The van der Waals surface area contributed by atoms with E-state index in [2.05, 4.69) is 6.92 Å². The van der Waals surface area contributed by atoms with Gasteiger partial charge in [0.05, 0.1) is 17.2 Å². The molecule has 3 aliphatic carbocycles. The van der Waals surface area contributed by atoms with Crippen LogP contribution >= 0.6 is 0 Å². The van der Waals surface area contributed by atoms with Gasteiger partial charge in [0.1, 0.15) is 30.0 Å². The Bertz CT molecular complexity index is 1350. The van der Waals surface area contributed by atoms with Gasteiger partial charge in [-0.2, -0.15) is 0 Å². The van der Waals surface area contributed by atoms with Gasteiger partial charge in [-0.05, 0) is 48.8 Å². The number of esters is 2. The van der Waals surface area contributed by atoms with E-state index in [0.29, 0.717) is 19.4 Å². The number of hydrogen-bond donors (Lipinski definition) is 1.